The van der Waals surface area contributed by atoms with Gasteiger partial charge in [0.25, 0.3) is 0 Å². The molecule has 2 fully saturated rings. The highest BCUT2D eigenvalue weighted by Gasteiger charge is 2.23. The fourth-order valence-corrected chi connectivity index (χ4v) is 5.39. The standard InChI is InChI=1S/C23H28ClN5O3S/c24-20-13-21(28-6-2-1-3-7-28)26-23(25-20)33-15-22(30)29-10-8-27(9-11-29)14-17-4-5-18-19(12-17)32-16-31-18/h4-5,12-13H,1-3,6-11,14-16H2. The van der Waals surface area contributed by atoms with Gasteiger partial charge in [0.15, 0.2) is 16.7 Å². The van der Waals surface area contributed by atoms with Crippen molar-refractivity contribution in [2.45, 2.75) is 31.0 Å². The predicted molar refractivity (Wildman–Crippen MR) is 128 cm³/mol. The minimum atomic E-state index is 0.117. The van der Waals surface area contributed by atoms with Crippen molar-refractivity contribution in [3.8, 4) is 11.5 Å². The Morgan fingerprint density at radius 1 is 0.970 bits per heavy atom. The first-order chi connectivity index (χ1) is 16.1. The number of rotatable bonds is 6. The number of amides is 1. The number of carbonyl (C=O) groups excluding carboxylic acids is 1. The summed E-state index contributed by atoms with van der Waals surface area (Å²) in [5.74, 6) is 2.91. The van der Waals surface area contributed by atoms with Crippen molar-refractivity contribution in [3.63, 3.8) is 0 Å². The van der Waals surface area contributed by atoms with Crippen LogP contribution in [-0.2, 0) is 11.3 Å². The summed E-state index contributed by atoms with van der Waals surface area (Å²) in [6.07, 6.45) is 3.60. The number of aromatic nitrogens is 2. The van der Waals surface area contributed by atoms with Crippen LogP contribution in [0.25, 0.3) is 0 Å². The van der Waals surface area contributed by atoms with E-state index in [0.717, 1.165) is 63.1 Å². The van der Waals surface area contributed by atoms with Gasteiger partial charge in [-0.15, -0.1) is 0 Å². The molecule has 0 unspecified atom stereocenters. The second-order valence-corrected chi connectivity index (χ2v) is 9.84. The van der Waals surface area contributed by atoms with E-state index in [0.29, 0.717) is 16.1 Å². The molecule has 176 valence electrons. The third-order valence-electron chi connectivity index (χ3n) is 6.23. The maximum absolute atomic E-state index is 12.8. The van der Waals surface area contributed by atoms with Crippen LogP contribution in [0.3, 0.4) is 0 Å². The summed E-state index contributed by atoms with van der Waals surface area (Å²) in [7, 11) is 0. The molecule has 0 aliphatic carbocycles. The Hall–Kier alpha value is -2.23. The number of ether oxygens (including phenoxy) is 2. The van der Waals surface area contributed by atoms with Gasteiger partial charge in [0.2, 0.25) is 12.7 Å². The minimum absolute atomic E-state index is 0.117. The molecule has 8 nitrogen and oxygen atoms in total. The summed E-state index contributed by atoms with van der Waals surface area (Å²) in [6.45, 7) is 6.24. The van der Waals surface area contributed by atoms with Gasteiger partial charge in [-0.1, -0.05) is 29.4 Å². The van der Waals surface area contributed by atoms with Crippen LogP contribution in [0.15, 0.2) is 29.4 Å². The van der Waals surface area contributed by atoms with Gasteiger partial charge in [-0.3, -0.25) is 9.69 Å². The van der Waals surface area contributed by atoms with E-state index in [2.05, 4.69) is 25.8 Å². The Balaban J connectivity index is 1.10. The van der Waals surface area contributed by atoms with E-state index in [9.17, 15) is 4.79 Å². The lowest BCUT2D eigenvalue weighted by Gasteiger charge is -2.34. The fourth-order valence-electron chi connectivity index (χ4n) is 4.41. The van der Waals surface area contributed by atoms with Crippen LogP contribution in [0, 0.1) is 0 Å². The highest BCUT2D eigenvalue weighted by Crippen LogP contribution is 2.33. The number of piperidine rings is 1. The topological polar surface area (TPSA) is 71.0 Å². The third-order valence-corrected chi connectivity index (χ3v) is 7.26. The van der Waals surface area contributed by atoms with E-state index in [1.165, 1.54) is 36.6 Å². The molecule has 1 aromatic carbocycles. The molecule has 3 aliphatic heterocycles. The zero-order chi connectivity index (χ0) is 22.6. The lowest BCUT2D eigenvalue weighted by Crippen LogP contribution is -2.48. The number of piperazine rings is 1. The number of hydrogen-bond acceptors (Lipinski definition) is 8. The summed E-state index contributed by atoms with van der Waals surface area (Å²) in [4.78, 5) is 28.3. The molecule has 1 aromatic heterocycles. The monoisotopic (exact) mass is 489 g/mol. The summed E-state index contributed by atoms with van der Waals surface area (Å²) in [5.41, 5.74) is 1.19. The molecule has 5 rings (SSSR count). The molecule has 0 spiro atoms. The van der Waals surface area contributed by atoms with E-state index >= 15 is 0 Å². The summed E-state index contributed by atoms with van der Waals surface area (Å²) in [5, 5.41) is 0.996. The largest absolute Gasteiger partial charge is 0.454 e. The van der Waals surface area contributed by atoms with Crippen LogP contribution in [-0.4, -0.2) is 77.5 Å². The molecule has 33 heavy (non-hydrogen) atoms. The Bertz CT molecular complexity index is 996. The third kappa shape index (κ3) is 5.65. The Labute approximate surface area is 203 Å². The second kappa shape index (κ2) is 10.4. The zero-order valence-electron chi connectivity index (χ0n) is 18.5. The van der Waals surface area contributed by atoms with Gasteiger partial charge in [-0.25, -0.2) is 9.97 Å². The first-order valence-corrected chi connectivity index (χ1v) is 12.8. The summed E-state index contributed by atoms with van der Waals surface area (Å²) >= 11 is 7.61. The van der Waals surface area contributed by atoms with Crippen molar-refractivity contribution < 1.29 is 14.3 Å². The second-order valence-electron chi connectivity index (χ2n) is 8.51. The van der Waals surface area contributed by atoms with Crippen LogP contribution < -0.4 is 14.4 Å². The smallest absolute Gasteiger partial charge is 0.233 e. The van der Waals surface area contributed by atoms with Crippen LogP contribution in [0.5, 0.6) is 11.5 Å². The van der Waals surface area contributed by atoms with Crippen LogP contribution in [0.2, 0.25) is 5.15 Å². The SMILES string of the molecule is O=C(CSc1nc(Cl)cc(N2CCCCC2)n1)N1CCN(Cc2ccc3c(c2)OCO3)CC1. The highest BCUT2D eigenvalue weighted by atomic mass is 35.5. The minimum Gasteiger partial charge on any atom is -0.454 e. The molecule has 1 amide bonds. The van der Waals surface area contributed by atoms with Crippen molar-refractivity contribution in [1.82, 2.24) is 19.8 Å². The fraction of sp³-hybridized carbons (Fsp3) is 0.522. The van der Waals surface area contributed by atoms with Gasteiger partial charge in [0.1, 0.15) is 11.0 Å². The Kier molecular flexibility index (Phi) is 7.08. The number of nitrogens with zero attached hydrogens (tertiary/aromatic N) is 5. The van der Waals surface area contributed by atoms with Gasteiger partial charge in [-0.05, 0) is 37.0 Å². The summed E-state index contributed by atoms with van der Waals surface area (Å²) in [6, 6.07) is 7.89. The molecule has 0 N–H and O–H groups in total. The maximum Gasteiger partial charge on any atom is 0.233 e. The van der Waals surface area contributed by atoms with Crippen molar-refractivity contribution in [3.05, 3.63) is 35.0 Å². The van der Waals surface area contributed by atoms with E-state index in [-0.39, 0.29) is 12.7 Å². The highest BCUT2D eigenvalue weighted by molar-refractivity contribution is 7.99. The van der Waals surface area contributed by atoms with Crippen molar-refractivity contribution in [2.75, 3.05) is 56.7 Å². The number of hydrogen-bond donors (Lipinski definition) is 0. The number of anilines is 1. The van der Waals surface area contributed by atoms with Gasteiger partial charge in [0.05, 0.1) is 5.75 Å². The van der Waals surface area contributed by atoms with Crippen LogP contribution in [0.4, 0.5) is 5.82 Å². The molecule has 10 heteroatoms. The van der Waals surface area contributed by atoms with Gasteiger partial charge >= 0.3 is 0 Å². The molecule has 0 bridgehead atoms. The van der Waals surface area contributed by atoms with E-state index in [1.54, 1.807) is 0 Å². The zero-order valence-corrected chi connectivity index (χ0v) is 20.1. The maximum atomic E-state index is 12.8. The number of fused-ring (bicyclic) bond motifs is 1. The molecule has 4 heterocycles. The lowest BCUT2D eigenvalue weighted by molar-refractivity contribution is -0.130. The van der Waals surface area contributed by atoms with Crippen molar-refractivity contribution >= 4 is 35.1 Å². The molecule has 2 saturated heterocycles. The summed E-state index contributed by atoms with van der Waals surface area (Å²) < 4.78 is 10.9. The Morgan fingerprint density at radius 3 is 2.58 bits per heavy atom. The average molecular weight is 490 g/mol. The van der Waals surface area contributed by atoms with Crippen molar-refractivity contribution in [1.29, 1.82) is 0 Å². The number of benzene rings is 1. The molecule has 0 radical (unpaired) electrons. The number of halogens is 1. The van der Waals surface area contributed by atoms with E-state index in [1.807, 2.05) is 23.1 Å². The van der Waals surface area contributed by atoms with E-state index in [4.69, 9.17) is 21.1 Å². The first kappa shape index (κ1) is 22.6. The van der Waals surface area contributed by atoms with Gasteiger partial charge in [0, 0.05) is 51.9 Å². The quantitative estimate of drug-likeness (QED) is 0.348. The van der Waals surface area contributed by atoms with Gasteiger partial charge in [-0.2, -0.15) is 0 Å². The number of thioether (sulfide) groups is 1. The molecular weight excluding hydrogens is 462 g/mol. The molecule has 2 aromatic rings. The molecule has 0 atom stereocenters. The Morgan fingerprint density at radius 2 is 1.76 bits per heavy atom. The lowest BCUT2D eigenvalue weighted by atomic mass is 10.1. The molecule has 3 aliphatic rings. The number of carbonyl (C=O) groups is 1. The molecule has 0 saturated carbocycles. The van der Waals surface area contributed by atoms with E-state index < -0.39 is 0 Å². The normalized spacial score (nSPS) is 18.6. The van der Waals surface area contributed by atoms with Gasteiger partial charge < -0.3 is 19.3 Å². The van der Waals surface area contributed by atoms with Crippen LogP contribution in [0.1, 0.15) is 24.8 Å². The predicted octanol–water partition coefficient (Wildman–Crippen LogP) is 3.29. The van der Waals surface area contributed by atoms with Crippen molar-refractivity contribution in [2.24, 2.45) is 0 Å². The molecular formula is C23H28ClN5O3S. The first-order valence-electron chi connectivity index (χ1n) is 11.4. The average Bonchev–Trinajstić information content (AvgIpc) is 3.31. The van der Waals surface area contributed by atoms with Crippen LogP contribution >= 0.6 is 23.4 Å².